The number of halogens is 1. The maximum absolute atomic E-state index is 12.0. The Bertz CT molecular complexity index is 1430. The smallest absolute Gasteiger partial charge is 0.407 e. The number of carbonyl (C=O) groups is 1. The lowest BCUT2D eigenvalue weighted by Crippen LogP contribution is -2.41. The van der Waals surface area contributed by atoms with Crippen LogP contribution in [0.5, 0.6) is 0 Å². The second-order valence-electron chi connectivity index (χ2n) is 10.1. The van der Waals surface area contributed by atoms with Crippen LogP contribution in [-0.4, -0.2) is 56.8 Å². The predicted molar refractivity (Wildman–Crippen MR) is 157 cm³/mol. The molecule has 0 spiro atoms. The summed E-state index contributed by atoms with van der Waals surface area (Å²) in [5.74, 6) is 0. The molecule has 2 aromatic carbocycles. The molecule has 10 heteroatoms. The number of nitrogens with zero attached hydrogens (tertiary/aromatic N) is 2. The first kappa shape index (κ1) is 30.3. The van der Waals surface area contributed by atoms with Gasteiger partial charge in [-0.25, -0.2) is 4.79 Å². The Morgan fingerprint density at radius 1 is 1.10 bits per heavy atom. The van der Waals surface area contributed by atoms with Crippen LogP contribution >= 0.6 is 11.6 Å². The van der Waals surface area contributed by atoms with Crippen molar-refractivity contribution in [2.75, 3.05) is 19.4 Å². The number of amides is 1. The van der Waals surface area contributed by atoms with Gasteiger partial charge in [0.25, 0.3) is 10.1 Å². The van der Waals surface area contributed by atoms with E-state index in [-0.39, 0.29) is 12.6 Å². The van der Waals surface area contributed by atoms with E-state index >= 15 is 0 Å². The molecule has 0 bridgehead atoms. The van der Waals surface area contributed by atoms with Gasteiger partial charge in [0, 0.05) is 35.1 Å². The van der Waals surface area contributed by atoms with Crippen LogP contribution in [0.1, 0.15) is 38.3 Å². The Morgan fingerprint density at radius 2 is 1.85 bits per heavy atom. The molecule has 0 radical (unpaired) electrons. The highest BCUT2D eigenvalue weighted by Gasteiger charge is 2.20. The summed E-state index contributed by atoms with van der Waals surface area (Å²) < 4.78 is 32.1. The van der Waals surface area contributed by atoms with Gasteiger partial charge in [0.05, 0.1) is 19.4 Å². The molecule has 0 fully saturated rings. The number of aromatic nitrogens is 1. The fraction of sp³-hybridized carbons (Fsp3) is 0.345. The highest BCUT2D eigenvalue weighted by molar-refractivity contribution is 7.85. The van der Waals surface area contributed by atoms with Crippen molar-refractivity contribution in [3.63, 3.8) is 0 Å². The van der Waals surface area contributed by atoms with Crippen LogP contribution in [0.25, 0.3) is 16.3 Å². The minimum Gasteiger partial charge on any atom is -0.444 e. The lowest BCUT2D eigenvalue weighted by molar-refractivity contribution is 0.0498. The normalized spacial score (nSPS) is 13.8. The summed E-state index contributed by atoms with van der Waals surface area (Å²) in [5, 5.41) is 5.78. The number of ether oxygens (including phenoxy) is 1. The van der Waals surface area contributed by atoms with E-state index in [4.69, 9.17) is 20.5 Å². The highest BCUT2D eigenvalue weighted by atomic mass is 35.5. The molecule has 0 saturated carbocycles. The Balaban J connectivity index is 0.000000237. The second kappa shape index (κ2) is 13.7. The molecule has 0 saturated heterocycles. The fourth-order valence-electron chi connectivity index (χ4n) is 3.76. The van der Waals surface area contributed by atoms with Crippen molar-refractivity contribution >= 4 is 50.4 Å². The van der Waals surface area contributed by atoms with Crippen LogP contribution in [0.3, 0.4) is 0 Å². The lowest BCUT2D eigenvalue weighted by atomic mass is 10.0. The third-order valence-electron chi connectivity index (χ3n) is 5.50. The van der Waals surface area contributed by atoms with Crippen molar-refractivity contribution in [1.29, 1.82) is 0 Å². The van der Waals surface area contributed by atoms with E-state index in [1.807, 2.05) is 36.8 Å². The fourth-order valence-corrected chi connectivity index (χ4v) is 4.28. The van der Waals surface area contributed by atoms with Crippen LogP contribution in [0.15, 0.2) is 72.0 Å². The van der Waals surface area contributed by atoms with Gasteiger partial charge in [-0.1, -0.05) is 41.9 Å². The summed E-state index contributed by atoms with van der Waals surface area (Å²) in [6.07, 6.45) is 9.05. The monoisotopic (exact) mass is 571 g/mol. The molecule has 1 N–H and O–H groups in total. The summed E-state index contributed by atoms with van der Waals surface area (Å²) in [4.78, 5) is 20.3. The van der Waals surface area contributed by atoms with Gasteiger partial charge in [0.1, 0.15) is 5.60 Å². The van der Waals surface area contributed by atoms with Crippen molar-refractivity contribution < 1.29 is 22.1 Å². The number of fused-ring (bicyclic) bond motifs is 1. The first-order valence-electron chi connectivity index (χ1n) is 12.5. The molecule has 39 heavy (non-hydrogen) atoms. The molecule has 1 atom stereocenters. The Labute approximate surface area is 235 Å². The van der Waals surface area contributed by atoms with Crippen LogP contribution in [-0.2, 0) is 25.5 Å². The molecule has 1 aromatic heterocycles. The number of pyridine rings is 1. The zero-order valence-corrected chi connectivity index (χ0v) is 24.1. The number of nitrogens with one attached hydrogen (secondary N) is 1. The van der Waals surface area contributed by atoms with Crippen LogP contribution in [0.2, 0.25) is 5.02 Å². The number of hydrogen-bond donors (Lipinski definition) is 1. The molecular weight excluding hydrogens is 538 g/mol. The SMILES string of the molecule is C1=NCC=C1c1ccc2cnccc2c1.CC(C)(C)OC(=O)N[C@H](CCOS(C)(=O)=O)Cc1ccc(Cl)cc1. The molecule has 0 unspecified atom stereocenters. The van der Waals surface area contributed by atoms with Crippen molar-refractivity contribution in [2.45, 2.75) is 45.3 Å². The number of aliphatic imine (C=N–C) groups is 1. The minimum atomic E-state index is -3.52. The lowest BCUT2D eigenvalue weighted by Gasteiger charge is -2.23. The summed E-state index contributed by atoms with van der Waals surface area (Å²) >= 11 is 5.86. The first-order valence-corrected chi connectivity index (χ1v) is 14.7. The molecule has 4 rings (SSSR count). The van der Waals surface area contributed by atoms with Gasteiger partial charge in [0.15, 0.2) is 0 Å². The van der Waals surface area contributed by atoms with Gasteiger partial charge < -0.3 is 10.1 Å². The van der Waals surface area contributed by atoms with Crippen LogP contribution in [0, 0.1) is 0 Å². The van der Waals surface area contributed by atoms with E-state index < -0.39 is 21.8 Å². The molecule has 2 heterocycles. The second-order valence-corrected chi connectivity index (χ2v) is 12.2. The Kier molecular flexibility index (Phi) is 10.6. The molecule has 1 amide bonds. The van der Waals surface area contributed by atoms with Gasteiger partial charge in [-0.2, -0.15) is 8.42 Å². The molecule has 3 aromatic rings. The zero-order chi connectivity index (χ0) is 28.5. The van der Waals surface area contributed by atoms with E-state index in [9.17, 15) is 13.2 Å². The van der Waals surface area contributed by atoms with Crippen molar-refractivity contribution in [2.24, 2.45) is 4.99 Å². The van der Waals surface area contributed by atoms with Gasteiger partial charge in [0.2, 0.25) is 0 Å². The molecule has 1 aliphatic rings. The molecule has 208 valence electrons. The molecule has 8 nitrogen and oxygen atoms in total. The zero-order valence-electron chi connectivity index (χ0n) is 22.6. The van der Waals surface area contributed by atoms with E-state index in [1.165, 1.54) is 21.9 Å². The van der Waals surface area contributed by atoms with E-state index in [1.54, 1.807) is 32.9 Å². The summed E-state index contributed by atoms with van der Waals surface area (Å²) in [7, 11) is -3.52. The molecular formula is C29H34ClN3O5S. The van der Waals surface area contributed by atoms with Crippen LogP contribution in [0.4, 0.5) is 4.79 Å². The van der Waals surface area contributed by atoms with Gasteiger partial charge in [-0.15, -0.1) is 0 Å². The van der Waals surface area contributed by atoms with Gasteiger partial charge in [-0.3, -0.25) is 14.2 Å². The Morgan fingerprint density at radius 3 is 2.49 bits per heavy atom. The van der Waals surface area contributed by atoms with Gasteiger partial charge >= 0.3 is 6.09 Å². The predicted octanol–water partition coefficient (Wildman–Crippen LogP) is 5.84. The number of rotatable bonds is 8. The van der Waals surface area contributed by atoms with Crippen molar-refractivity contribution in [1.82, 2.24) is 10.3 Å². The Hall–Kier alpha value is -3.27. The van der Waals surface area contributed by atoms with Crippen LogP contribution < -0.4 is 5.32 Å². The quantitative estimate of drug-likeness (QED) is 0.340. The highest BCUT2D eigenvalue weighted by Crippen LogP contribution is 2.21. The standard InChI is InChI=1S/C16H24ClNO5S.C13H10N2/c1-16(2,3)23-15(19)18-14(9-10-22-24(4,20)21)11-12-5-7-13(17)8-6-12;1-2-12-8-14-5-3-11(12)7-10(1)13-4-6-15-9-13/h5-8,14H,9-11H2,1-4H3,(H,18,19);1-5,7-9H,6H2/t14-;/m1./s1. The third-order valence-corrected chi connectivity index (χ3v) is 6.35. The topological polar surface area (TPSA) is 107 Å². The van der Waals surface area contributed by atoms with Crippen molar-refractivity contribution in [3.8, 4) is 0 Å². The van der Waals surface area contributed by atoms with E-state index in [2.05, 4.69) is 39.6 Å². The maximum atomic E-state index is 12.0. The largest absolute Gasteiger partial charge is 0.444 e. The summed E-state index contributed by atoms with van der Waals surface area (Å²) in [6, 6.07) is 15.3. The number of alkyl carbamates (subject to hydrolysis) is 1. The number of benzene rings is 2. The average molecular weight is 572 g/mol. The van der Waals surface area contributed by atoms with E-state index in [0.717, 1.165) is 18.4 Å². The maximum Gasteiger partial charge on any atom is 0.407 e. The number of carbonyl (C=O) groups excluding carboxylic acids is 1. The minimum absolute atomic E-state index is 0.0209. The molecule has 1 aliphatic heterocycles. The van der Waals surface area contributed by atoms with Crippen molar-refractivity contribution in [3.05, 3.63) is 83.2 Å². The first-order chi connectivity index (χ1) is 18.4. The summed E-state index contributed by atoms with van der Waals surface area (Å²) in [6.45, 7) is 6.10. The molecule has 0 aliphatic carbocycles. The summed E-state index contributed by atoms with van der Waals surface area (Å²) in [5.41, 5.74) is 2.79. The van der Waals surface area contributed by atoms with E-state index in [0.29, 0.717) is 17.9 Å². The number of allylic oxidation sites excluding steroid dienone is 1. The average Bonchev–Trinajstić information content (AvgIpc) is 3.39. The van der Waals surface area contributed by atoms with Gasteiger partial charge in [-0.05, 0) is 80.0 Å². The number of hydrogen-bond acceptors (Lipinski definition) is 7. The third kappa shape index (κ3) is 11.2.